The zero-order valence-corrected chi connectivity index (χ0v) is 10.8. The van der Waals surface area contributed by atoms with Gasteiger partial charge in [0.15, 0.2) is 0 Å². The maximum atomic E-state index is 11.2. The molecule has 0 radical (unpaired) electrons. The van der Waals surface area contributed by atoms with Crippen molar-refractivity contribution < 1.29 is 0 Å². The fourth-order valence-electron chi connectivity index (χ4n) is 2.16. The van der Waals surface area contributed by atoms with E-state index in [2.05, 4.69) is 20.0 Å². The van der Waals surface area contributed by atoms with Crippen LogP contribution in [0, 0.1) is 0 Å². The Kier molecular flexibility index (Phi) is 3.29. The first-order valence-corrected chi connectivity index (χ1v) is 7.04. The van der Waals surface area contributed by atoms with Crippen molar-refractivity contribution in [3.8, 4) is 0 Å². The summed E-state index contributed by atoms with van der Waals surface area (Å²) >= 11 is 1.77. The Morgan fingerprint density at radius 2 is 1.94 bits per heavy atom. The van der Waals surface area contributed by atoms with E-state index in [1.807, 2.05) is 18.2 Å². The lowest BCUT2D eigenvalue weighted by molar-refractivity contribution is 0.532. The summed E-state index contributed by atoms with van der Waals surface area (Å²) in [6, 6.07) is 5.86. The number of nitrogens with one attached hydrogen (secondary N) is 4. The maximum Gasteiger partial charge on any atom is 0.323 e. The lowest BCUT2D eigenvalue weighted by Gasteiger charge is -2.22. The molecule has 4 N–H and O–H groups in total. The molecule has 1 aliphatic heterocycles. The van der Waals surface area contributed by atoms with Crippen LogP contribution in [0.4, 0.5) is 5.69 Å². The van der Waals surface area contributed by atoms with E-state index in [-0.39, 0.29) is 5.69 Å². The zero-order chi connectivity index (χ0) is 12.4. The van der Waals surface area contributed by atoms with E-state index in [4.69, 9.17) is 0 Å². The Hall–Kier alpha value is -1.40. The molecule has 6 heteroatoms. The van der Waals surface area contributed by atoms with Gasteiger partial charge in [0, 0.05) is 10.9 Å². The zero-order valence-electron chi connectivity index (χ0n) is 9.95. The largest absolute Gasteiger partial charge is 0.329 e. The van der Waals surface area contributed by atoms with Gasteiger partial charge in [0.2, 0.25) is 0 Å². The fourth-order valence-corrected chi connectivity index (χ4v) is 3.06. The first-order valence-electron chi connectivity index (χ1n) is 6.16. The summed E-state index contributed by atoms with van der Waals surface area (Å²) in [7, 11) is 0. The van der Waals surface area contributed by atoms with Gasteiger partial charge in [-0.05, 0) is 56.1 Å². The van der Waals surface area contributed by atoms with E-state index in [0.29, 0.717) is 5.25 Å². The normalized spacial score (nSPS) is 17.1. The van der Waals surface area contributed by atoms with Crippen molar-refractivity contribution >= 4 is 28.7 Å². The highest BCUT2D eigenvalue weighted by Crippen LogP contribution is 2.24. The predicted octanol–water partition coefficient (Wildman–Crippen LogP) is 1.67. The summed E-state index contributed by atoms with van der Waals surface area (Å²) in [5.41, 5.74) is 2.56. The molecular formula is C12H16N4OS. The standard InChI is InChI=1S/C12H16N4OS/c17-12-14-10-2-1-8(7-11(10)15-12)16-18-9-3-5-13-6-4-9/h1-2,7,9,13,16H,3-6H2,(H2,14,15,17). The molecule has 1 aliphatic rings. The summed E-state index contributed by atoms with van der Waals surface area (Å²) in [6.45, 7) is 2.20. The van der Waals surface area contributed by atoms with Crippen molar-refractivity contribution in [1.29, 1.82) is 0 Å². The SMILES string of the molecule is O=c1[nH]c2ccc(NSC3CCNCC3)cc2[nH]1. The van der Waals surface area contributed by atoms with Crippen LogP contribution in [-0.2, 0) is 0 Å². The molecule has 5 nitrogen and oxygen atoms in total. The van der Waals surface area contributed by atoms with E-state index in [1.54, 1.807) is 11.9 Å². The van der Waals surface area contributed by atoms with Gasteiger partial charge in [0.25, 0.3) is 0 Å². The number of imidazole rings is 1. The number of piperidine rings is 1. The van der Waals surface area contributed by atoms with Gasteiger partial charge in [-0.25, -0.2) is 4.79 Å². The third-order valence-electron chi connectivity index (χ3n) is 3.15. The number of aromatic amines is 2. The molecule has 1 saturated heterocycles. The van der Waals surface area contributed by atoms with Crippen molar-refractivity contribution in [2.75, 3.05) is 17.8 Å². The van der Waals surface area contributed by atoms with Crippen LogP contribution in [0.25, 0.3) is 11.0 Å². The highest BCUT2D eigenvalue weighted by Gasteiger charge is 2.13. The van der Waals surface area contributed by atoms with Gasteiger partial charge in [0.1, 0.15) is 0 Å². The van der Waals surface area contributed by atoms with Crippen molar-refractivity contribution in [3.05, 3.63) is 28.7 Å². The molecule has 0 saturated carbocycles. The van der Waals surface area contributed by atoms with Gasteiger partial charge in [-0.15, -0.1) is 0 Å². The highest BCUT2D eigenvalue weighted by atomic mass is 32.2. The molecule has 2 heterocycles. The molecule has 96 valence electrons. The van der Waals surface area contributed by atoms with Gasteiger partial charge in [-0.3, -0.25) is 0 Å². The molecule has 0 spiro atoms. The minimum atomic E-state index is -0.159. The molecule has 1 fully saturated rings. The minimum Gasteiger partial charge on any atom is -0.329 e. The van der Waals surface area contributed by atoms with Crippen LogP contribution in [0.1, 0.15) is 12.8 Å². The summed E-state index contributed by atoms with van der Waals surface area (Å²) < 4.78 is 3.37. The number of benzene rings is 1. The summed E-state index contributed by atoms with van der Waals surface area (Å²) in [5.74, 6) is 0. The smallest absolute Gasteiger partial charge is 0.323 e. The molecule has 0 amide bonds. The van der Waals surface area contributed by atoms with Crippen LogP contribution in [-0.4, -0.2) is 28.3 Å². The van der Waals surface area contributed by atoms with Crippen molar-refractivity contribution in [3.63, 3.8) is 0 Å². The summed E-state index contributed by atoms with van der Waals surface area (Å²) in [5, 5.41) is 4.01. The number of fused-ring (bicyclic) bond motifs is 1. The number of rotatable bonds is 3. The quantitative estimate of drug-likeness (QED) is 0.636. The van der Waals surface area contributed by atoms with Crippen LogP contribution in [0.5, 0.6) is 0 Å². The Morgan fingerprint density at radius 1 is 1.17 bits per heavy atom. The molecule has 0 unspecified atom stereocenters. The minimum absolute atomic E-state index is 0.159. The highest BCUT2D eigenvalue weighted by molar-refractivity contribution is 8.01. The topological polar surface area (TPSA) is 72.7 Å². The van der Waals surface area contributed by atoms with Crippen LogP contribution < -0.4 is 15.7 Å². The molecule has 0 bridgehead atoms. The summed E-state index contributed by atoms with van der Waals surface area (Å²) in [6.07, 6.45) is 2.39. The molecule has 0 aliphatic carbocycles. The van der Waals surface area contributed by atoms with E-state index in [1.165, 1.54) is 12.8 Å². The third-order valence-corrected chi connectivity index (χ3v) is 4.30. The molecule has 1 aromatic carbocycles. The van der Waals surface area contributed by atoms with E-state index >= 15 is 0 Å². The van der Waals surface area contributed by atoms with Crippen molar-refractivity contribution in [1.82, 2.24) is 15.3 Å². The second kappa shape index (κ2) is 5.07. The molecule has 18 heavy (non-hydrogen) atoms. The Morgan fingerprint density at radius 3 is 2.78 bits per heavy atom. The summed E-state index contributed by atoms with van der Waals surface area (Å²) in [4.78, 5) is 16.7. The van der Waals surface area contributed by atoms with Gasteiger partial charge in [0.05, 0.1) is 11.0 Å². The number of hydrogen-bond donors (Lipinski definition) is 4. The first-order chi connectivity index (χ1) is 8.81. The van der Waals surface area contributed by atoms with Gasteiger partial charge in [-0.1, -0.05) is 0 Å². The molecule has 2 aromatic rings. The molecular weight excluding hydrogens is 248 g/mol. The fraction of sp³-hybridized carbons (Fsp3) is 0.417. The predicted molar refractivity (Wildman–Crippen MR) is 76.0 cm³/mol. The number of aromatic nitrogens is 2. The Balaban J connectivity index is 1.68. The molecule has 0 atom stereocenters. The molecule has 3 rings (SSSR count). The number of anilines is 1. The lowest BCUT2D eigenvalue weighted by atomic mass is 10.2. The van der Waals surface area contributed by atoms with Crippen molar-refractivity contribution in [2.24, 2.45) is 0 Å². The Labute approximate surface area is 109 Å². The van der Waals surface area contributed by atoms with Crippen molar-refractivity contribution in [2.45, 2.75) is 18.1 Å². The van der Waals surface area contributed by atoms with Crippen LogP contribution in [0.2, 0.25) is 0 Å². The first kappa shape index (κ1) is 11.7. The maximum absolute atomic E-state index is 11.2. The average molecular weight is 264 g/mol. The van der Waals surface area contributed by atoms with Gasteiger partial charge in [-0.2, -0.15) is 0 Å². The monoisotopic (exact) mass is 264 g/mol. The average Bonchev–Trinajstić information content (AvgIpc) is 2.77. The van der Waals surface area contributed by atoms with E-state index in [9.17, 15) is 4.79 Å². The Bertz CT molecular complexity index is 585. The van der Waals surface area contributed by atoms with Crippen LogP contribution in [0.15, 0.2) is 23.0 Å². The van der Waals surface area contributed by atoms with Gasteiger partial charge >= 0.3 is 5.69 Å². The molecule has 1 aromatic heterocycles. The van der Waals surface area contributed by atoms with E-state index < -0.39 is 0 Å². The van der Waals surface area contributed by atoms with Gasteiger partial charge < -0.3 is 20.0 Å². The van der Waals surface area contributed by atoms with Crippen LogP contribution >= 0.6 is 11.9 Å². The number of H-pyrrole nitrogens is 2. The second-order valence-corrected chi connectivity index (χ2v) is 5.62. The third kappa shape index (κ3) is 2.54. The lowest BCUT2D eigenvalue weighted by Crippen LogP contribution is -2.29. The second-order valence-electron chi connectivity index (χ2n) is 4.51. The van der Waals surface area contributed by atoms with Crippen LogP contribution in [0.3, 0.4) is 0 Å². The van der Waals surface area contributed by atoms with E-state index in [0.717, 1.165) is 29.8 Å². The number of hydrogen-bond acceptors (Lipinski definition) is 4.